The second-order valence-electron chi connectivity index (χ2n) is 5.34. The summed E-state index contributed by atoms with van der Waals surface area (Å²) in [6, 6.07) is 10.6. The lowest BCUT2D eigenvalue weighted by molar-refractivity contribution is 0.203. The van der Waals surface area contributed by atoms with Crippen molar-refractivity contribution >= 4 is 34.7 Å². The summed E-state index contributed by atoms with van der Waals surface area (Å²) in [5, 5.41) is 13.5. The number of hydrogen-bond acceptors (Lipinski definition) is 5. The van der Waals surface area contributed by atoms with Crippen molar-refractivity contribution in [1.29, 1.82) is 0 Å². The molecule has 0 radical (unpaired) electrons. The number of halogens is 1. The lowest BCUT2D eigenvalue weighted by Gasteiger charge is -2.20. The summed E-state index contributed by atoms with van der Waals surface area (Å²) in [6.07, 6.45) is 0.819. The Balaban J connectivity index is 1.68. The standard InChI is InChI=1S/C17H17ClN4O2S/c1-2-9-22(17(23)19-13-7-5-12(18)6-8-13)11-15-20-21-16(24-15)14-4-3-10-25-14/h3-8,10H,2,9,11H2,1H3,(H,19,23). The zero-order valence-electron chi connectivity index (χ0n) is 13.6. The van der Waals surface area contributed by atoms with Gasteiger partial charge in [0.1, 0.15) is 6.54 Å². The third kappa shape index (κ3) is 4.58. The number of nitrogens with one attached hydrogen (secondary N) is 1. The molecule has 3 rings (SSSR count). The van der Waals surface area contributed by atoms with Gasteiger partial charge in [-0.05, 0) is 42.1 Å². The molecule has 1 N–H and O–H groups in total. The van der Waals surface area contributed by atoms with E-state index in [0.717, 1.165) is 11.3 Å². The first kappa shape index (κ1) is 17.4. The molecule has 1 aromatic carbocycles. The largest absolute Gasteiger partial charge is 0.418 e. The Morgan fingerprint density at radius 3 is 2.76 bits per heavy atom. The van der Waals surface area contributed by atoms with E-state index >= 15 is 0 Å². The molecule has 0 atom stereocenters. The summed E-state index contributed by atoms with van der Waals surface area (Å²) in [5.41, 5.74) is 0.681. The average molecular weight is 377 g/mol. The van der Waals surface area contributed by atoms with Crippen molar-refractivity contribution in [2.75, 3.05) is 11.9 Å². The molecule has 25 heavy (non-hydrogen) atoms. The van der Waals surface area contributed by atoms with Crippen LogP contribution in [0, 0.1) is 0 Å². The van der Waals surface area contributed by atoms with Gasteiger partial charge in [0.15, 0.2) is 0 Å². The zero-order chi connectivity index (χ0) is 17.6. The van der Waals surface area contributed by atoms with E-state index in [0.29, 0.717) is 29.0 Å². The molecule has 0 aliphatic heterocycles. The summed E-state index contributed by atoms with van der Waals surface area (Å²) < 4.78 is 5.67. The molecule has 8 heteroatoms. The number of urea groups is 1. The first-order valence-electron chi connectivity index (χ1n) is 7.83. The third-order valence-electron chi connectivity index (χ3n) is 3.40. The average Bonchev–Trinajstić information content (AvgIpc) is 3.27. The molecular weight excluding hydrogens is 360 g/mol. The van der Waals surface area contributed by atoms with Gasteiger partial charge in [-0.2, -0.15) is 0 Å². The van der Waals surface area contributed by atoms with Gasteiger partial charge in [-0.15, -0.1) is 21.5 Å². The van der Waals surface area contributed by atoms with Gasteiger partial charge in [0.25, 0.3) is 5.89 Å². The van der Waals surface area contributed by atoms with Gasteiger partial charge >= 0.3 is 6.03 Å². The van der Waals surface area contributed by atoms with E-state index in [1.165, 1.54) is 11.3 Å². The van der Waals surface area contributed by atoms with Gasteiger partial charge in [-0.25, -0.2) is 4.79 Å². The van der Waals surface area contributed by atoms with Crippen LogP contribution in [0.15, 0.2) is 46.2 Å². The van der Waals surface area contributed by atoms with E-state index < -0.39 is 0 Å². The predicted octanol–water partition coefficient (Wildman–Crippen LogP) is 4.90. The van der Waals surface area contributed by atoms with E-state index in [-0.39, 0.29) is 12.6 Å². The molecule has 2 heterocycles. The molecule has 0 spiro atoms. The minimum absolute atomic E-state index is 0.222. The van der Waals surface area contributed by atoms with Crippen LogP contribution in [-0.4, -0.2) is 27.7 Å². The predicted molar refractivity (Wildman–Crippen MR) is 98.8 cm³/mol. The normalized spacial score (nSPS) is 10.6. The molecule has 2 aromatic heterocycles. The molecule has 0 saturated heterocycles. The topological polar surface area (TPSA) is 71.3 Å². The fourth-order valence-corrected chi connectivity index (χ4v) is 3.01. The Bertz CT molecular complexity index is 818. The number of carbonyl (C=O) groups is 1. The van der Waals surface area contributed by atoms with E-state index in [1.54, 1.807) is 29.2 Å². The number of thiophene rings is 1. The van der Waals surface area contributed by atoms with Gasteiger partial charge in [-0.3, -0.25) is 0 Å². The SMILES string of the molecule is CCCN(Cc1nnc(-c2cccs2)o1)C(=O)Nc1ccc(Cl)cc1. The quantitative estimate of drug-likeness (QED) is 0.664. The molecule has 0 saturated carbocycles. The molecule has 130 valence electrons. The number of hydrogen-bond donors (Lipinski definition) is 1. The molecule has 0 fully saturated rings. The molecule has 2 amide bonds. The van der Waals surface area contributed by atoms with Gasteiger partial charge in [0, 0.05) is 17.3 Å². The highest BCUT2D eigenvalue weighted by molar-refractivity contribution is 7.13. The van der Waals surface area contributed by atoms with Crippen molar-refractivity contribution in [3.8, 4) is 10.8 Å². The maximum absolute atomic E-state index is 12.5. The molecule has 6 nitrogen and oxygen atoms in total. The summed E-state index contributed by atoms with van der Waals surface area (Å²) in [6.45, 7) is 2.84. The Kier molecular flexibility index (Phi) is 5.67. The summed E-state index contributed by atoms with van der Waals surface area (Å²) in [5.74, 6) is 0.877. The fraction of sp³-hybridized carbons (Fsp3) is 0.235. The van der Waals surface area contributed by atoms with Crippen molar-refractivity contribution in [2.45, 2.75) is 19.9 Å². The molecule has 0 aliphatic rings. The Hall–Kier alpha value is -2.38. The van der Waals surface area contributed by atoms with Crippen LogP contribution in [-0.2, 0) is 6.54 Å². The highest BCUT2D eigenvalue weighted by atomic mass is 35.5. The van der Waals surface area contributed by atoms with Crippen molar-refractivity contribution in [2.24, 2.45) is 0 Å². The van der Waals surface area contributed by atoms with Gasteiger partial charge in [0.2, 0.25) is 5.89 Å². The Morgan fingerprint density at radius 2 is 2.08 bits per heavy atom. The number of benzene rings is 1. The maximum Gasteiger partial charge on any atom is 0.322 e. The lowest BCUT2D eigenvalue weighted by Crippen LogP contribution is -2.35. The van der Waals surface area contributed by atoms with Crippen LogP contribution in [0.2, 0.25) is 5.02 Å². The van der Waals surface area contributed by atoms with Gasteiger partial charge in [0.05, 0.1) is 4.88 Å². The molecule has 0 aliphatic carbocycles. The summed E-state index contributed by atoms with van der Waals surface area (Å²) in [4.78, 5) is 15.1. The van der Waals surface area contributed by atoms with E-state index in [2.05, 4.69) is 15.5 Å². The van der Waals surface area contributed by atoms with Gasteiger partial charge < -0.3 is 14.6 Å². The third-order valence-corrected chi connectivity index (χ3v) is 4.51. The molecular formula is C17H17ClN4O2S. The number of rotatable bonds is 6. The minimum Gasteiger partial charge on any atom is -0.418 e. The lowest BCUT2D eigenvalue weighted by atomic mass is 10.3. The summed E-state index contributed by atoms with van der Waals surface area (Å²) in [7, 11) is 0. The smallest absolute Gasteiger partial charge is 0.322 e. The van der Waals surface area contributed by atoms with Crippen molar-refractivity contribution < 1.29 is 9.21 Å². The van der Waals surface area contributed by atoms with Crippen LogP contribution in [0.5, 0.6) is 0 Å². The van der Waals surface area contributed by atoms with Crippen LogP contribution in [0.4, 0.5) is 10.5 Å². The highest BCUT2D eigenvalue weighted by Gasteiger charge is 2.18. The van der Waals surface area contributed by atoms with Crippen LogP contribution in [0.3, 0.4) is 0 Å². The first-order chi connectivity index (χ1) is 12.2. The molecule has 0 unspecified atom stereocenters. The van der Waals surface area contributed by atoms with Gasteiger partial charge in [-0.1, -0.05) is 24.6 Å². The van der Waals surface area contributed by atoms with Crippen LogP contribution in [0.25, 0.3) is 10.8 Å². The van der Waals surface area contributed by atoms with Crippen molar-refractivity contribution in [3.63, 3.8) is 0 Å². The molecule has 0 bridgehead atoms. The fourth-order valence-electron chi connectivity index (χ4n) is 2.24. The number of amides is 2. The van der Waals surface area contributed by atoms with Crippen LogP contribution in [0.1, 0.15) is 19.2 Å². The van der Waals surface area contributed by atoms with Crippen LogP contribution < -0.4 is 5.32 Å². The van der Waals surface area contributed by atoms with E-state index in [9.17, 15) is 4.79 Å². The minimum atomic E-state index is -0.222. The Labute approximate surface area is 154 Å². The highest BCUT2D eigenvalue weighted by Crippen LogP contribution is 2.23. The number of nitrogens with zero attached hydrogens (tertiary/aromatic N) is 3. The second kappa shape index (κ2) is 8.13. The number of carbonyl (C=O) groups excluding carboxylic acids is 1. The zero-order valence-corrected chi connectivity index (χ0v) is 15.2. The Morgan fingerprint density at radius 1 is 1.28 bits per heavy atom. The summed E-state index contributed by atoms with van der Waals surface area (Å²) >= 11 is 7.39. The monoisotopic (exact) mass is 376 g/mol. The first-order valence-corrected chi connectivity index (χ1v) is 9.09. The van der Waals surface area contributed by atoms with Crippen LogP contribution >= 0.6 is 22.9 Å². The maximum atomic E-state index is 12.5. The second-order valence-corrected chi connectivity index (χ2v) is 6.72. The van der Waals surface area contributed by atoms with Crippen molar-refractivity contribution in [1.82, 2.24) is 15.1 Å². The van der Waals surface area contributed by atoms with Crippen molar-refractivity contribution in [3.05, 3.63) is 52.7 Å². The van der Waals surface area contributed by atoms with E-state index in [1.807, 2.05) is 24.4 Å². The molecule has 3 aromatic rings. The van der Waals surface area contributed by atoms with E-state index in [4.69, 9.17) is 16.0 Å². The number of anilines is 1. The number of aromatic nitrogens is 2.